The van der Waals surface area contributed by atoms with E-state index in [-0.39, 0.29) is 17.2 Å². The maximum Gasteiger partial charge on any atom is 0.296 e. The predicted molar refractivity (Wildman–Crippen MR) is 101 cm³/mol. The van der Waals surface area contributed by atoms with Crippen molar-refractivity contribution < 1.29 is 22.7 Å². The van der Waals surface area contributed by atoms with Gasteiger partial charge in [0.15, 0.2) is 5.76 Å². The number of nitrogens with zero attached hydrogens (tertiary/aromatic N) is 1. The molecule has 3 heterocycles. The van der Waals surface area contributed by atoms with Gasteiger partial charge >= 0.3 is 0 Å². The summed E-state index contributed by atoms with van der Waals surface area (Å²) in [6, 6.07) is 4.67. The van der Waals surface area contributed by atoms with Gasteiger partial charge in [-0.15, -0.1) is 11.3 Å². The van der Waals surface area contributed by atoms with E-state index in [1.54, 1.807) is 23.7 Å². The summed E-state index contributed by atoms with van der Waals surface area (Å²) in [5.74, 6) is -0.703. The molecule has 0 bridgehead atoms. The molecule has 148 valence electrons. The first-order valence-electron chi connectivity index (χ1n) is 8.91. The van der Waals surface area contributed by atoms with E-state index in [9.17, 15) is 13.6 Å². The molecule has 0 spiro atoms. The van der Waals surface area contributed by atoms with Crippen molar-refractivity contribution >= 4 is 28.2 Å². The quantitative estimate of drug-likeness (QED) is 0.650. The predicted octanol–water partition coefficient (Wildman–Crippen LogP) is 3.81. The molecule has 6 nitrogen and oxygen atoms in total. The molecule has 1 aliphatic rings. The molecule has 1 fully saturated rings. The van der Waals surface area contributed by atoms with Crippen molar-refractivity contribution in [2.45, 2.75) is 32.4 Å². The van der Waals surface area contributed by atoms with Crippen LogP contribution in [0.25, 0.3) is 11.0 Å². The number of hydrogen-bond acceptors (Lipinski definition) is 6. The number of aryl methyl sites for hydroxylation is 1. The number of thiazole rings is 1. The zero-order valence-electron chi connectivity index (χ0n) is 15.1. The largest absolute Gasteiger partial charge is 0.488 e. The average Bonchev–Trinajstić information content (AvgIpc) is 3.39. The Bertz CT molecular complexity index is 996. The standard InChI is InChI=1S/C19H19F2N3O3S/c1-10-15(28-9-23-10)8-26-12-2-3-14-13(6-12)16(17(27-14)18(20)21)19(25)24-11-4-5-22-7-11/h2-3,6,9,11,18,22H,4-5,7-8H2,1H3,(H,24,25). The van der Waals surface area contributed by atoms with Crippen molar-refractivity contribution in [3.8, 4) is 5.75 Å². The Morgan fingerprint density at radius 3 is 3.04 bits per heavy atom. The molecule has 1 atom stereocenters. The topological polar surface area (TPSA) is 76.4 Å². The Labute approximate surface area is 163 Å². The van der Waals surface area contributed by atoms with Crippen LogP contribution < -0.4 is 15.4 Å². The van der Waals surface area contributed by atoms with Gasteiger partial charge in [0.1, 0.15) is 17.9 Å². The smallest absolute Gasteiger partial charge is 0.296 e. The fourth-order valence-corrected chi connectivity index (χ4v) is 3.91. The van der Waals surface area contributed by atoms with E-state index < -0.39 is 18.1 Å². The van der Waals surface area contributed by atoms with Crippen LogP contribution in [0.15, 0.2) is 28.1 Å². The SMILES string of the molecule is Cc1ncsc1COc1ccc2oc(C(F)F)c(C(=O)NC3CCNC3)c2c1. The molecule has 4 rings (SSSR count). The second kappa shape index (κ2) is 7.84. The van der Waals surface area contributed by atoms with E-state index in [0.717, 1.165) is 23.5 Å². The van der Waals surface area contributed by atoms with E-state index >= 15 is 0 Å². The number of carbonyl (C=O) groups is 1. The molecule has 2 aromatic heterocycles. The highest BCUT2D eigenvalue weighted by molar-refractivity contribution is 7.09. The van der Waals surface area contributed by atoms with Gasteiger partial charge in [-0.2, -0.15) is 0 Å². The zero-order valence-corrected chi connectivity index (χ0v) is 15.9. The van der Waals surface area contributed by atoms with Crippen LogP contribution in [0.1, 0.15) is 39.5 Å². The Morgan fingerprint density at radius 1 is 1.50 bits per heavy atom. The number of hydrogen-bond donors (Lipinski definition) is 2. The lowest BCUT2D eigenvalue weighted by atomic mass is 10.1. The summed E-state index contributed by atoms with van der Waals surface area (Å²) in [7, 11) is 0. The highest BCUT2D eigenvalue weighted by Gasteiger charge is 2.29. The third-order valence-electron chi connectivity index (χ3n) is 4.72. The molecular weight excluding hydrogens is 388 g/mol. The fourth-order valence-electron chi connectivity index (χ4n) is 3.22. The van der Waals surface area contributed by atoms with Crippen molar-refractivity contribution in [1.29, 1.82) is 0 Å². The molecule has 1 aromatic carbocycles. The van der Waals surface area contributed by atoms with Crippen molar-refractivity contribution in [2.75, 3.05) is 13.1 Å². The van der Waals surface area contributed by atoms with Gasteiger partial charge in [-0.05, 0) is 38.1 Å². The van der Waals surface area contributed by atoms with Crippen LogP contribution >= 0.6 is 11.3 Å². The van der Waals surface area contributed by atoms with Crippen LogP contribution in [0.4, 0.5) is 8.78 Å². The molecule has 0 radical (unpaired) electrons. The van der Waals surface area contributed by atoms with Crippen LogP contribution in [0.5, 0.6) is 5.75 Å². The van der Waals surface area contributed by atoms with Gasteiger partial charge in [-0.3, -0.25) is 4.79 Å². The molecule has 1 aliphatic heterocycles. The number of nitrogens with one attached hydrogen (secondary N) is 2. The molecule has 1 amide bonds. The zero-order chi connectivity index (χ0) is 19.7. The number of aromatic nitrogens is 1. The van der Waals surface area contributed by atoms with Gasteiger partial charge in [-0.25, -0.2) is 13.8 Å². The first-order chi connectivity index (χ1) is 13.5. The second-order valence-corrected chi connectivity index (χ2v) is 7.55. The molecule has 0 aliphatic carbocycles. The summed E-state index contributed by atoms with van der Waals surface area (Å²) >= 11 is 1.48. The third-order valence-corrected chi connectivity index (χ3v) is 5.63. The van der Waals surface area contributed by atoms with E-state index in [2.05, 4.69) is 15.6 Å². The van der Waals surface area contributed by atoms with Crippen LogP contribution in [0, 0.1) is 6.92 Å². The molecule has 1 unspecified atom stereocenters. The number of furan rings is 1. The lowest BCUT2D eigenvalue weighted by Crippen LogP contribution is -2.36. The van der Waals surface area contributed by atoms with Gasteiger partial charge in [0, 0.05) is 18.0 Å². The number of fused-ring (bicyclic) bond motifs is 1. The van der Waals surface area contributed by atoms with Crippen LogP contribution in [-0.2, 0) is 6.61 Å². The number of halogens is 2. The van der Waals surface area contributed by atoms with Crippen LogP contribution in [-0.4, -0.2) is 30.0 Å². The first-order valence-corrected chi connectivity index (χ1v) is 9.79. The normalized spacial score (nSPS) is 16.8. The van der Waals surface area contributed by atoms with E-state index in [1.165, 1.54) is 11.3 Å². The van der Waals surface area contributed by atoms with E-state index in [1.807, 2.05) is 6.92 Å². The van der Waals surface area contributed by atoms with Crippen molar-refractivity contribution in [3.63, 3.8) is 0 Å². The van der Waals surface area contributed by atoms with Crippen molar-refractivity contribution in [2.24, 2.45) is 0 Å². The summed E-state index contributed by atoms with van der Waals surface area (Å²) in [5.41, 5.74) is 2.73. The Kier molecular flexibility index (Phi) is 5.27. The lowest BCUT2D eigenvalue weighted by Gasteiger charge is -2.11. The lowest BCUT2D eigenvalue weighted by molar-refractivity contribution is 0.0911. The molecule has 2 N–H and O–H groups in total. The average molecular weight is 407 g/mol. The second-order valence-electron chi connectivity index (χ2n) is 6.61. The number of carbonyl (C=O) groups excluding carboxylic acids is 1. The molecular formula is C19H19F2N3O3S. The minimum atomic E-state index is -2.89. The number of rotatable bonds is 6. The molecule has 9 heteroatoms. The Morgan fingerprint density at radius 2 is 2.36 bits per heavy atom. The summed E-state index contributed by atoms with van der Waals surface area (Å²) in [5, 5.41) is 6.26. The minimum Gasteiger partial charge on any atom is -0.488 e. The van der Waals surface area contributed by atoms with Crippen molar-refractivity contribution in [1.82, 2.24) is 15.6 Å². The van der Waals surface area contributed by atoms with Crippen molar-refractivity contribution in [3.05, 3.63) is 45.6 Å². The maximum atomic E-state index is 13.5. The number of amides is 1. The molecule has 1 saturated heterocycles. The van der Waals surface area contributed by atoms with Gasteiger partial charge in [-0.1, -0.05) is 0 Å². The number of benzene rings is 1. The molecule has 28 heavy (non-hydrogen) atoms. The Hall–Kier alpha value is -2.52. The summed E-state index contributed by atoms with van der Waals surface area (Å²) in [6.45, 7) is 3.61. The number of alkyl halides is 2. The summed E-state index contributed by atoms with van der Waals surface area (Å²) in [4.78, 5) is 17.9. The summed E-state index contributed by atoms with van der Waals surface area (Å²) < 4.78 is 38.0. The Balaban J connectivity index is 1.64. The van der Waals surface area contributed by atoms with E-state index in [0.29, 0.717) is 24.3 Å². The van der Waals surface area contributed by atoms with Gasteiger partial charge in [0.25, 0.3) is 12.3 Å². The number of ether oxygens (including phenoxy) is 1. The molecule has 3 aromatic rings. The van der Waals surface area contributed by atoms with Gasteiger partial charge in [0.2, 0.25) is 0 Å². The monoisotopic (exact) mass is 407 g/mol. The highest BCUT2D eigenvalue weighted by atomic mass is 32.1. The fraction of sp³-hybridized carbons (Fsp3) is 0.368. The molecule has 0 saturated carbocycles. The van der Waals surface area contributed by atoms with Gasteiger partial charge in [0.05, 0.1) is 21.6 Å². The first kappa shape index (κ1) is 18.8. The van der Waals surface area contributed by atoms with Crippen LogP contribution in [0.2, 0.25) is 0 Å². The minimum absolute atomic E-state index is 0.0864. The maximum absolute atomic E-state index is 13.5. The van der Waals surface area contributed by atoms with Crippen LogP contribution in [0.3, 0.4) is 0 Å². The highest BCUT2D eigenvalue weighted by Crippen LogP contribution is 2.35. The summed E-state index contributed by atoms with van der Waals surface area (Å²) in [6.07, 6.45) is -2.13. The third kappa shape index (κ3) is 3.72. The van der Waals surface area contributed by atoms with E-state index in [4.69, 9.17) is 9.15 Å². The van der Waals surface area contributed by atoms with Gasteiger partial charge < -0.3 is 19.8 Å².